The fourth-order valence-corrected chi connectivity index (χ4v) is 3.06. The van der Waals surface area contributed by atoms with Crippen LogP contribution >= 0.6 is 31.9 Å². The van der Waals surface area contributed by atoms with Crippen LogP contribution in [0.15, 0.2) is 39.5 Å². The molecule has 162 valence electrons. The molecule has 3 rings (SSSR count). The Hall–Kier alpha value is -2.86. The maximum absolute atomic E-state index is 12.5. The highest BCUT2D eigenvalue weighted by molar-refractivity contribution is 9.10. The Labute approximate surface area is 193 Å². The van der Waals surface area contributed by atoms with Crippen molar-refractivity contribution in [3.05, 3.63) is 40.6 Å². The van der Waals surface area contributed by atoms with Gasteiger partial charge < -0.3 is 14.3 Å². The lowest BCUT2D eigenvalue weighted by Crippen LogP contribution is -2.41. The third-order valence-corrected chi connectivity index (χ3v) is 4.72. The number of ether oxygens (including phenoxy) is 1. The van der Waals surface area contributed by atoms with E-state index in [1.165, 1.54) is 6.20 Å². The second-order valence-electron chi connectivity index (χ2n) is 7.21. The second kappa shape index (κ2) is 9.10. The number of aromatic nitrogens is 4. The summed E-state index contributed by atoms with van der Waals surface area (Å²) < 4.78 is 11.2. The van der Waals surface area contributed by atoms with Crippen LogP contribution in [0.25, 0.3) is 23.0 Å². The summed E-state index contributed by atoms with van der Waals surface area (Å²) in [7, 11) is 0. The Kier molecular flexibility index (Phi) is 6.70. The van der Waals surface area contributed by atoms with E-state index >= 15 is 0 Å². The highest BCUT2D eigenvalue weighted by atomic mass is 79.9. The molecule has 3 aromatic rings. The summed E-state index contributed by atoms with van der Waals surface area (Å²) in [6.07, 6.45) is -1.49. The van der Waals surface area contributed by atoms with Gasteiger partial charge in [0.15, 0.2) is 11.5 Å². The van der Waals surface area contributed by atoms with Gasteiger partial charge in [-0.15, -0.1) is 10.2 Å². The third-order valence-electron chi connectivity index (χ3n) is 3.69. The molecular weight excluding hydrogens is 538 g/mol. The van der Waals surface area contributed by atoms with E-state index < -0.39 is 17.8 Å². The first kappa shape index (κ1) is 22.8. The van der Waals surface area contributed by atoms with E-state index in [1.807, 2.05) is 24.3 Å². The molecule has 0 unspecified atom stereocenters. The van der Waals surface area contributed by atoms with Crippen molar-refractivity contribution in [2.24, 2.45) is 0 Å². The summed E-state index contributed by atoms with van der Waals surface area (Å²) in [5, 5.41) is 18.3. The van der Waals surface area contributed by atoms with Crippen LogP contribution in [0.4, 0.5) is 15.4 Å². The number of halogens is 2. The lowest BCUT2D eigenvalue weighted by atomic mass is 10.1. The zero-order chi connectivity index (χ0) is 22.8. The lowest BCUT2D eigenvalue weighted by Gasteiger charge is -2.24. The van der Waals surface area contributed by atoms with Gasteiger partial charge >= 0.3 is 12.2 Å². The quantitative estimate of drug-likeness (QED) is 0.428. The smallest absolute Gasteiger partial charge is 0.425 e. The van der Waals surface area contributed by atoms with Gasteiger partial charge in [-0.25, -0.2) is 19.6 Å². The monoisotopic (exact) mass is 553 g/mol. The molecular formula is C19H17Br2N5O5. The van der Waals surface area contributed by atoms with E-state index in [2.05, 4.69) is 52.0 Å². The second-order valence-corrected chi connectivity index (χ2v) is 8.58. The van der Waals surface area contributed by atoms with E-state index in [9.17, 15) is 14.7 Å². The summed E-state index contributed by atoms with van der Waals surface area (Å²) in [5.41, 5.74) is 0.707. The summed E-state index contributed by atoms with van der Waals surface area (Å²) in [6, 6.07) is 7.41. The van der Waals surface area contributed by atoms with Gasteiger partial charge in [0.25, 0.3) is 5.89 Å². The van der Waals surface area contributed by atoms with Crippen LogP contribution in [0, 0.1) is 0 Å². The summed E-state index contributed by atoms with van der Waals surface area (Å²) in [6.45, 7) is 4.85. The number of imide groups is 1. The molecule has 10 nitrogen and oxygen atoms in total. The molecule has 0 aliphatic heterocycles. The number of hydrogen-bond donors (Lipinski definition) is 1. The van der Waals surface area contributed by atoms with Gasteiger partial charge in [0.05, 0.1) is 6.20 Å². The molecule has 0 atom stereocenters. The van der Waals surface area contributed by atoms with E-state index in [4.69, 9.17) is 9.15 Å². The van der Waals surface area contributed by atoms with Gasteiger partial charge in [0.1, 0.15) is 10.2 Å². The SMILES string of the molecule is CC(C)(C)OC(=O)N(C(=O)O)c1ncc(Br)nc1-c1nnc(-c2ccc(CBr)cc2)o1. The molecule has 2 heterocycles. The minimum Gasteiger partial charge on any atom is -0.464 e. The standard InChI is InChI=1S/C19H17Br2N5O5/c1-19(2,3)31-18(29)26(17(27)28)14-13(23-12(21)9-22-14)16-25-24-15(30-16)11-6-4-10(8-20)5-7-11/h4-7,9H,8H2,1-3H3,(H,27,28). The highest BCUT2D eigenvalue weighted by Crippen LogP contribution is 2.31. The van der Waals surface area contributed by atoms with Crippen molar-refractivity contribution in [2.75, 3.05) is 4.90 Å². The maximum atomic E-state index is 12.5. The van der Waals surface area contributed by atoms with Crippen molar-refractivity contribution in [3.63, 3.8) is 0 Å². The van der Waals surface area contributed by atoms with Gasteiger partial charge in [-0.2, -0.15) is 4.90 Å². The molecule has 1 aromatic carbocycles. The van der Waals surface area contributed by atoms with Gasteiger partial charge in [-0.05, 0) is 54.4 Å². The van der Waals surface area contributed by atoms with E-state index in [0.717, 1.165) is 5.56 Å². The number of alkyl halides is 1. The summed E-state index contributed by atoms with van der Waals surface area (Å²) in [4.78, 5) is 33.0. The Balaban J connectivity index is 2.04. The Bertz CT molecular complexity index is 1110. The number of nitrogens with zero attached hydrogens (tertiary/aromatic N) is 5. The zero-order valence-corrected chi connectivity index (χ0v) is 19.8. The van der Waals surface area contributed by atoms with Crippen LogP contribution in [0.3, 0.4) is 0 Å². The zero-order valence-electron chi connectivity index (χ0n) is 16.7. The van der Waals surface area contributed by atoms with Crippen molar-refractivity contribution in [2.45, 2.75) is 31.7 Å². The van der Waals surface area contributed by atoms with Gasteiger partial charge in [0.2, 0.25) is 5.89 Å². The first-order valence-electron chi connectivity index (χ1n) is 8.87. The van der Waals surface area contributed by atoms with Gasteiger partial charge in [0, 0.05) is 10.9 Å². The number of carbonyl (C=O) groups excluding carboxylic acids is 1. The molecule has 0 aliphatic carbocycles. The number of rotatable bonds is 4. The van der Waals surface area contributed by atoms with Crippen molar-refractivity contribution < 1.29 is 23.8 Å². The number of amides is 2. The Morgan fingerprint density at radius 1 is 1.16 bits per heavy atom. The van der Waals surface area contributed by atoms with Gasteiger partial charge in [-0.1, -0.05) is 28.1 Å². The molecule has 1 N–H and O–H groups in total. The predicted molar refractivity (Wildman–Crippen MR) is 118 cm³/mol. The molecule has 0 spiro atoms. The van der Waals surface area contributed by atoms with Crippen molar-refractivity contribution in [1.82, 2.24) is 20.2 Å². The van der Waals surface area contributed by atoms with Crippen molar-refractivity contribution >= 4 is 49.9 Å². The first-order chi connectivity index (χ1) is 14.6. The number of benzene rings is 1. The summed E-state index contributed by atoms with van der Waals surface area (Å²) >= 11 is 6.56. The van der Waals surface area contributed by atoms with Crippen LogP contribution in [0.2, 0.25) is 0 Å². The summed E-state index contributed by atoms with van der Waals surface area (Å²) in [5.74, 6) is -0.240. The van der Waals surface area contributed by atoms with E-state index in [0.29, 0.717) is 15.8 Å². The molecule has 31 heavy (non-hydrogen) atoms. The number of anilines is 1. The molecule has 0 fully saturated rings. The largest absolute Gasteiger partial charge is 0.464 e. The number of hydrogen-bond acceptors (Lipinski definition) is 8. The molecule has 0 bridgehead atoms. The topological polar surface area (TPSA) is 132 Å². The molecule has 0 saturated carbocycles. The molecule has 12 heteroatoms. The Morgan fingerprint density at radius 2 is 1.81 bits per heavy atom. The molecule has 2 amide bonds. The first-order valence-corrected chi connectivity index (χ1v) is 10.8. The fraction of sp³-hybridized carbons (Fsp3) is 0.263. The third kappa shape index (κ3) is 5.44. The van der Waals surface area contributed by atoms with Crippen LogP contribution < -0.4 is 4.90 Å². The van der Waals surface area contributed by atoms with E-state index in [1.54, 1.807) is 20.8 Å². The lowest BCUT2D eigenvalue weighted by molar-refractivity contribution is 0.0581. The molecule has 0 radical (unpaired) electrons. The highest BCUT2D eigenvalue weighted by Gasteiger charge is 2.34. The van der Waals surface area contributed by atoms with E-state index in [-0.39, 0.29) is 27.9 Å². The molecule has 0 aliphatic rings. The minimum atomic E-state index is -1.60. The maximum Gasteiger partial charge on any atom is 0.425 e. The minimum absolute atomic E-state index is 0.0986. The average molecular weight is 555 g/mol. The molecule has 2 aromatic heterocycles. The number of carbonyl (C=O) groups is 2. The van der Waals surface area contributed by atoms with Crippen molar-refractivity contribution in [3.8, 4) is 23.0 Å². The number of carboxylic acid groups (broad SMARTS) is 1. The van der Waals surface area contributed by atoms with Crippen LogP contribution in [0.1, 0.15) is 26.3 Å². The average Bonchev–Trinajstić information content (AvgIpc) is 3.17. The van der Waals surface area contributed by atoms with Crippen LogP contribution in [-0.2, 0) is 10.1 Å². The van der Waals surface area contributed by atoms with Crippen LogP contribution in [0.5, 0.6) is 0 Å². The van der Waals surface area contributed by atoms with Crippen LogP contribution in [-0.4, -0.2) is 43.1 Å². The molecule has 0 saturated heterocycles. The van der Waals surface area contributed by atoms with Gasteiger partial charge in [-0.3, -0.25) is 0 Å². The van der Waals surface area contributed by atoms with Crippen molar-refractivity contribution in [1.29, 1.82) is 0 Å². The predicted octanol–water partition coefficient (Wildman–Crippen LogP) is 5.27. The normalized spacial score (nSPS) is 11.3. The Morgan fingerprint density at radius 3 is 2.39 bits per heavy atom. The fourth-order valence-electron chi connectivity index (χ4n) is 2.40.